The van der Waals surface area contributed by atoms with Gasteiger partial charge in [0.1, 0.15) is 16.3 Å². The second-order valence-electron chi connectivity index (χ2n) is 7.77. The van der Waals surface area contributed by atoms with E-state index < -0.39 is 94.2 Å². The van der Waals surface area contributed by atoms with E-state index in [1.165, 1.54) is 6.92 Å². The third kappa shape index (κ3) is 5.11. The van der Waals surface area contributed by atoms with Gasteiger partial charge in [0.05, 0.1) is 5.02 Å². The van der Waals surface area contributed by atoms with E-state index >= 15 is 0 Å². The van der Waals surface area contributed by atoms with Crippen LogP contribution in [0.25, 0.3) is 0 Å². The van der Waals surface area contributed by atoms with Crippen molar-refractivity contribution in [2.75, 3.05) is 18.0 Å². The van der Waals surface area contributed by atoms with Gasteiger partial charge in [-0.2, -0.15) is 26.3 Å². The number of aromatic nitrogens is 2. The van der Waals surface area contributed by atoms with E-state index in [0.717, 1.165) is 11.1 Å². The first-order valence-corrected chi connectivity index (χ1v) is 10.7. The molecule has 1 fully saturated rings. The third-order valence-electron chi connectivity index (χ3n) is 5.63. The van der Waals surface area contributed by atoms with Gasteiger partial charge in [-0.3, -0.25) is 4.79 Å². The molecule has 0 radical (unpaired) electrons. The van der Waals surface area contributed by atoms with Crippen molar-refractivity contribution in [1.82, 2.24) is 15.3 Å². The van der Waals surface area contributed by atoms with Crippen molar-refractivity contribution < 1.29 is 39.9 Å². The Bertz CT molecular complexity index is 1140. The first kappa shape index (κ1) is 27.2. The Morgan fingerprint density at radius 1 is 1.17 bits per heavy atom. The van der Waals surface area contributed by atoms with Crippen LogP contribution in [-0.4, -0.2) is 35.1 Å². The number of benzene rings is 1. The number of amides is 1. The molecule has 0 saturated carbocycles. The molecule has 15 heteroatoms. The molecule has 35 heavy (non-hydrogen) atoms. The predicted molar refractivity (Wildman–Crippen MR) is 110 cm³/mol. The lowest BCUT2D eigenvalue weighted by Gasteiger charge is -2.33. The Kier molecular flexibility index (Phi) is 7.43. The van der Waals surface area contributed by atoms with Crippen molar-refractivity contribution in [3.8, 4) is 0 Å². The van der Waals surface area contributed by atoms with E-state index in [9.17, 15) is 39.9 Å². The normalized spacial score (nSPS) is 18.8. The number of hydrogen-bond acceptors (Lipinski definition) is 4. The van der Waals surface area contributed by atoms with E-state index in [-0.39, 0.29) is 6.42 Å². The number of anilines is 1. The number of rotatable bonds is 5. The molecule has 1 N–H and O–H groups in total. The molecule has 1 aliphatic heterocycles. The second-order valence-corrected chi connectivity index (χ2v) is 8.56. The molecular formula is C20H16Cl2F8N4O. The molecule has 1 aromatic heterocycles. The van der Waals surface area contributed by atoms with Gasteiger partial charge >= 0.3 is 12.4 Å². The smallest absolute Gasteiger partial charge is 0.352 e. The quantitative estimate of drug-likeness (QED) is 0.289. The number of hydrogen-bond donors (Lipinski definition) is 1. The molecule has 1 saturated heterocycles. The molecule has 5 nitrogen and oxygen atoms in total. The van der Waals surface area contributed by atoms with Gasteiger partial charge in [-0.25, -0.2) is 18.7 Å². The van der Waals surface area contributed by atoms with Gasteiger partial charge in [0.2, 0.25) is 11.9 Å². The van der Waals surface area contributed by atoms with Gasteiger partial charge in [-0.05, 0) is 12.5 Å². The summed E-state index contributed by atoms with van der Waals surface area (Å²) in [4.78, 5) is 19.4. The lowest BCUT2D eigenvalue weighted by atomic mass is 9.78. The van der Waals surface area contributed by atoms with Crippen LogP contribution in [0.2, 0.25) is 10.0 Å². The highest BCUT2D eigenvalue weighted by molar-refractivity contribution is 6.35. The summed E-state index contributed by atoms with van der Waals surface area (Å²) in [5.41, 5.74) is -5.96. The molecule has 1 amide bonds. The minimum Gasteiger partial charge on any atom is -0.352 e. The Morgan fingerprint density at radius 2 is 1.83 bits per heavy atom. The van der Waals surface area contributed by atoms with Crippen molar-refractivity contribution in [2.45, 2.75) is 44.1 Å². The summed E-state index contributed by atoms with van der Waals surface area (Å²) in [7, 11) is 0. The predicted octanol–water partition coefficient (Wildman–Crippen LogP) is 5.82. The fourth-order valence-corrected chi connectivity index (χ4v) is 4.20. The van der Waals surface area contributed by atoms with Gasteiger partial charge in [0.25, 0.3) is 0 Å². The molecule has 2 heterocycles. The SMILES string of the molecule is CCC(=O)NCc1cnc(N2CCC(c3cc(Cl)c(F)c(Cl)c3F)(C(F)(F)F)C2)nc1C(F)(F)F. The van der Waals surface area contributed by atoms with Crippen LogP contribution < -0.4 is 10.2 Å². The van der Waals surface area contributed by atoms with Crippen molar-refractivity contribution in [2.24, 2.45) is 0 Å². The Morgan fingerprint density at radius 3 is 2.40 bits per heavy atom. The molecule has 192 valence electrons. The maximum Gasteiger partial charge on any atom is 0.433 e. The van der Waals surface area contributed by atoms with Gasteiger partial charge in [0, 0.05) is 43.4 Å². The molecule has 2 aromatic rings. The van der Waals surface area contributed by atoms with Gasteiger partial charge < -0.3 is 10.2 Å². The fraction of sp³-hybridized carbons (Fsp3) is 0.450. The number of halogens is 10. The highest BCUT2D eigenvalue weighted by atomic mass is 35.5. The summed E-state index contributed by atoms with van der Waals surface area (Å²) in [6.45, 7) is -0.639. The number of nitrogens with zero attached hydrogens (tertiary/aromatic N) is 3. The monoisotopic (exact) mass is 550 g/mol. The number of carbonyl (C=O) groups is 1. The van der Waals surface area contributed by atoms with Crippen molar-refractivity contribution in [3.05, 3.63) is 50.8 Å². The topological polar surface area (TPSA) is 58.1 Å². The van der Waals surface area contributed by atoms with Gasteiger partial charge in [0.15, 0.2) is 11.5 Å². The highest BCUT2D eigenvalue weighted by Gasteiger charge is 2.61. The fourth-order valence-electron chi connectivity index (χ4n) is 3.75. The van der Waals surface area contributed by atoms with Crippen molar-refractivity contribution in [3.63, 3.8) is 0 Å². The third-order valence-corrected chi connectivity index (χ3v) is 6.24. The summed E-state index contributed by atoms with van der Waals surface area (Å²) >= 11 is 11.1. The minimum atomic E-state index is -5.12. The maximum atomic E-state index is 14.7. The highest BCUT2D eigenvalue weighted by Crippen LogP contribution is 2.50. The summed E-state index contributed by atoms with van der Waals surface area (Å²) in [5.74, 6) is -4.33. The number of alkyl halides is 6. The Hall–Kier alpha value is -2.41. The van der Waals surface area contributed by atoms with Crippen LogP contribution in [0, 0.1) is 11.6 Å². The summed E-state index contributed by atoms with van der Waals surface area (Å²) in [6.07, 6.45) is -10.2. The zero-order valence-electron chi connectivity index (χ0n) is 17.7. The molecule has 0 bridgehead atoms. The molecule has 1 aromatic carbocycles. The molecule has 1 atom stereocenters. The molecular weight excluding hydrogens is 535 g/mol. The number of nitrogens with one attached hydrogen (secondary N) is 1. The molecule has 0 spiro atoms. The molecule has 0 aliphatic carbocycles. The maximum absolute atomic E-state index is 14.7. The van der Waals surface area contributed by atoms with Crippen LogP contribution in [0.5, 0.6) is 0 Å². The van der Waals surface area contributed by atoms with Crippen LogP contribution in [-0.2, 0) is 22.9 Å². The lowest BCUT2D eigenvalue weighted by Crippen LogP contribution is -2.46. The summed E-state index contributed by atoms with van der Waals surface area (Å²) in [6, 6.07) is 0.469. The number of carbonyl (C=O) groups excluding carboxylic acids is 1. The average Bonchev–Trinajstić information content (AvgIpc) is 3.24. The van der Waals surface area contributed by atoms with Crippen LogP contribution in [0.1, 0.15) is 36.6 Å². The minimum absolute atomic E-state index is 0.0154. The standard InChI is InChI=1S/C20H16Cl2F8N4O/c1-2-12(35)31-6-9-7-32-17(33-16(9)19(25,26)27)34-4-3-18(8-34,20(28,29)30)10-5-11(21)15(24)13(22)14(10)23/h5,7H,2-4,6,8H2,1H3,(H,31,35). The van der Waals surface area contributed by atoms with Crippen molar-refractivity contribution >= 4 is 35.1 Å². The molecule has 3 rings (SSSR count). The summed E-state index contributed by atoms with van der Waals surface area (Å²) < 4.78 is 112. The molecule has 1 unspecified atom stereocenters. The van der Waals surface area contributed by atoms with E-state index in [4.69, 9.17) is 23.2 Å². The van der Waals surface area contributed by atoms with Gasteiger partial charge in [-0.1, -0.05) is 30.1 Å². The van der Waals surface area contributed by atoms with E-state index in [1.807, 2.05) is 0 Å². The lowest BCUT2D eigenvalue weighted by molar-refractivity contribution is -0.185. The Balaban J connectivity index is 2.04. The first-order valence-electron chi connectivity index (χ1n) is 9.97. The summed E-state index contributed by atoms with van der Waals surface area (Å²) in [5, 5.41) is 0.170. The zero-order chi connectivity index (χ0) is 26.3. The zero-order valence-corrected chi connectivity index (χ0v) is 19.2. The average molecular weight is 551 g/mol. The van der Waals surface area contributed by atoms with Crippen molar-refractivity contribution in [1.29, 1.82) is 0 Å². The van der Waals surface area contributed by atoms with E-state index in [2.05, 4.69) is 15.3 Å². The van der Waals surface area contributed by atoms with Gasteiger partial charge in [-0.15, -0.1) is 0 Å². The molecule has 1 aliphatic rings. The first-order chi connectivity index (χ1) is 16.1. The van der Waals surface area contributed by atoms with E-state index in [1.54, 1.807) is 0 Å². The van der Waals surface area contributed by atoms with E-state index in [0.29, 0.717) is 6.07 Å². The van der Waals surface area contributed by atoms with Crippen LogP contribution in [0.4, 0.5) is 41.1 Å². The Labute approximate surface area is 203 Å². The largest absolute Gasteiger partial charge is 0.433 e. The van der Waals surface area contributed by atoms with Crippen LogP contribution >= 0.6 is 23.2 Å². The van der Waals surface area contributed by atoms with Crippen LogP contribution in [0.15, 0.2) is 12.3 Å². The second kappa shape index (κ2) is 9.57. The van der Waals surface area contributed by atoms with Crippen LogP contribution in [0.3, 0.4) is 0 Å².